The molecule has 8 heteroatoms. The molecule has 1 spiro atoms. The highest BCUT2D eigenvalue weighted by Gasteiger charge is 2.41. The van der Waals surface area contributed by atoms with E-state index in [0.717, 1.165) is 44.6 Å². The number of allylic oxidation sites excluding steroid dienone is 2. The Hall–Kier alpha value is -2.71. The van der Waals surface area contributed by atoms with Crippen LogP contribution in [0.5, 0.6) is 0 Å². The zero-order valence-electron chi connectivity index (χ0n) is 23.0. The van der Waals surface area contributed by atoms with Crippen LogP contribution in [0.4, 0.5) is 0 Å². The molecule has 2 N–H and O–H groups in total. The lowest BCUT2D eigenvalue weighted by Gasteiger charge is -2.40. The van der Waals surface area contributed by atoms with Gasteiger partial charge in [0, 0.05) is 51.9 Å². The predicted octanol–water partition coefficient (Wildman–Crippen LogP) is 2.54. The zero-order valence-corrected chi connectivity index (χ0v) is 23.0. The fourth-order valence-electron chi connectivity index (χ4n) is 6.07. The molecule has 0 aromatic heterocycles. The van der Waals surface area contributed by atoms with Crippen molar-refractivity contribution in [2.45, 2.75) is 64.5 Å². The van der Waals surface area contributed by atoms with Gasteiger partial charge >= 0.3 is 0 Å². The van der Waals surface area contributed by atoms with Gasteiger partial charge in [0.05, 0.1) is 12.0 Å². The number of likely N-dealkylation sites (N-methyl/N-ethyl adjacent to an activating group) is 1. The van der Waals surface area contributed by atoms with Gasteiger partial charge in [0.25, 0.3) is 0 Å². The van der Waals surface area contributed by atoms with E-state index in [0.29, 0.717) is 45.4 Å². The van der Waals surface area contributed by atoms with Gasteiger partial charge in [-0.15, -0.1) is 0 Å². The van der Waals surface area contributed by atoms with Crippen LogP contribution in [-0.2, 0) is 25.5 Å². The summed E-state index contributed by atoms with van der Waals surface area (Å²) in [5.41, 5.74) is 0.458. The number of amides is 3. The van der Waals surface area contributed by atoms with E-state index >= 15 is 0 Å². The summed E-state index contributed by atoms with van der Waals surface area (Å²) in [6, 6.07) is 9.22. The van der Waals surface area contributed by atoms with Crippen LogP contribution in [0.15, 0.2) is 42.5 Å². The number of likely N-dealkylation sites (tertiary alicyclic amines) is 1. The van der Waals surface area contributed by atoms with Crippen molar-refractivity contribution in [1.82, 2.24) is 20.4 Å². The third-order valence-corrected chi connectivity index (χ3v) is 8.57. The number of benzene rings is 1. The van der Waals surface area contributed by atoms with Gasteiger partial charge in [-0.2, -0.15) is 0 Å². The van der Waals surface area contributed by atoms with Crippen molar-refractivity contribution >= 4 is 17.7 Å². The van der Waals surface area contributed by atoms with Gasteiger partial charge in [0.15, 0.2) is 0 Å². The van der Waals surface area contributed by atoms with Crippen LogP contribution in [0.3, 0.4) is 0 Å². The van der Waals surface area contributed by atoms with Crippen molar-refractivity contribution in [3.05, 3.63) is 48.0 Å². The van der Waals surface area contributed by atoms with E-state index in [9.17, 15) is 14.4 Å². The minimum absolute atomic E-state index is 0.00130. The Morgan fingerprint density at radius 1 is 1.08 bits per heavy atom. The maximum Gasteiger partial charge on any atom is 0.243 e. The number of carbonyl (C=O) groups is 3. The van der Waals surface area contributed by atoms with Crippen LogP contribution < -0.4 is 10.6 Å². The van der Waals surface area contributed by atoms with E-state index < -0.39 is 11.5 Å². The van der Waals surface area contributed by atoms with Gasteiger partial charge in [-0.1, -0.05) is 42.5 Å². The Morgan fingerprint density at radius 2 is 1.82 bits per heavy atom. The van der Waals surface area contributed by atoms with Crippen LogP contribution >= 0.6 is 0 Å². The molecule has 1 aromatic rings. The summed E-state index contributed by atoms with van der Waals surface area (Å²) in [6.45, 7) is 8.50. The summed E-state index contributed by atoms with van der Waals surface area (Å²) < 4.78 is 5.59. The lowest BCUT2D eigenvalue weighted by Crippen LogP contribution is -2.58. The first-order valence-corrected chi connectivity index (χ1v) is 14.3. The second-order valence-electron chi connectivity index (χ2n) is 11.0. The summed E-state index contributed by atoms with van der Waals surface area (Å²) in [5, 5.41) is 6.45. The first-order chi connectivity index (χ1) is 18.4. The molecule has 3 aliphatic rings. The Morgan fingerprint density at radius 3 is 2.53 bits per heavy atom. The highest BCUT2D eigenvalue weighted by atomic mass is 16.5. The number of piperidine rings is 1. The van der Waals surface area contributed by atoms with Crippen LogP contribution in [-0.4, -0.2) is 85.5 Å². The number of hydrogen-bond donors (Lipinski definition) is 2. The third-order valence-electron chi connectivity index (χ3n) is 8.57. The number of rotatable bonds is 6. The summed E-state index contributed by atoms with van der Waals surface area (Å²) in [5.74, 6) is 0.180. The Bertz CT molecular complexity index is 972. The van der Waals surface area contributed by atoms with Crippen molar-refractivity contribution in [1.29, 1.82) is 0 Å². The van der Waals surface area contributed by atoms with E-state index in [-0.39, 0.29) is 29.7 Å². The number of carbonyl (C=O) groups excluding carboxylic acids is 3. The largest absolute Gasteiger partial charge is 0.381 e. The maximum absolute atomic E-state index is 13.7. The van der Waals surface area contributed by atoms with E-state index in [4.69, 9.17) is 4.74 Å². The summed E-state index contributed by atoms with van der Waals surface area (Å²) in [6.07, 6.45) is 8.30. The average Bonchev–Trinajstić information content (AvgIpc) is 2.93. The van der Waals surface area contributed by atoms with Crippen LogP contribution in [0.25, 0.3) is 0 Å². The fourth-order valence-corrected chi connectivity index (χ4v) is 6.07. The Kier molecular flexibility index (Phi) is 9.97. The van der Waals surface area contributed by atoms with Crippen molar-refractivity contribution < 1.29 is 19.1 Å². The van der Waals surface area contributed by atoms with Crippen molar-refractivity contribution in [2.24, 2.45) is 11.3 Å². The van der Waals surface area contributed by atoms with Gasteiger partial charge in [-0.05, 0) is 57.4 Å². The van der Waals surface area contributed by atoms with Crippen LogP contribution in [0.2, 0.25) is 0 Å². The number of hydrogen-bond acceptors (Lipinski definition) is 5. The molecule has 2 saturated heterocycles. The molecular weight excluding hydrogens is 480 g/mol. The molecule has 3 amide bonds. The lowest BCUT2D eigenvalue weighted by molar-refractivity contribution is -0.140. The van der Waals surface area contributed by atoms with E-state index in [1.165, 1.54) is 0 Å². The highest BCUT2D eigenvalue weighted by Crippen LogP contribution is 2.36. The quantitative estimate of drug-likeness (QED) is 0.558. The van der Waals surface area contributed by atoms with E-state index in [2.05, 4.69) is 27.7 Å². The van der Waals surface area contributed by atoms with Crippen molar-refractivity contribution in [3.63, 3.8) is 0 Å². The molecule has 1 aromatic carbocycles. The van der Waals surface area contributed by atoms with Crippen molar-refractivity contribution in [2.75, 3.05) is 45.9 Å². The molecule has 0 bridgehead atoms. The number of ether oxygens (including phenoxy) is 1. The topological polar surface area (TPSA) is 91.0 Å². The first-order valence-electron chi connectivity index (χ1n) is 14.3. The molecule has 208 valence electrons. The standard InChI is InChI=1S/C30H44N4O4/c1-3-34(4-2)27(35)22-33-17-13-25-24(21-33)12-8-9-14-30(15-18-38-19-16-30)29(37)32-26(28(36)31-25)20-23-10-6-5-7-11-23/h5-11,24-26H,3-4,12-22H2,1-2H3,(H,31,36)(H,32,37)/t24-,25+,26-/m1/s1. The minimum atomic E-state index is -0.643. The number of fused-ring (bicyclic) bond motifs is 1. The fraction of sp³-hybridized carbons (Fsp3) is 0.633. The molecule has 3 aliphatic heterocycles. The monoisotopic (exact) mass is 524 g/mol. The van der Waals surface area contributed by atoms with Gasteiger partial charge in [0.1, 0.15) is 6.04 Å². The molecule has 3 heterocycles. The van der Waals surface area contributed by atoms with Gasteiger partial charge in [-0.3, -0.25) is 19.3 Å². The van der Waals surface area contributed by atoms with E-state index in [1.54, 1.807) is 0 Å². The molecule has 38 heavy (non-hydrogen) atoms. The van der Waals surface area contributed by atoms with E-state index in [1.807, 2.05) is 49.1 Å². The van der Waals surface area contributed by atoms with Gasteiger partial charge in [-0.25, -0.2) is 0 Å². The molecule has 0 saturated carbocycles. The normalized spacial score (nSPS) is 26.4. The molecule has 3 atom stereocenters. The minimum Gasteiger partial charge on any atom is -0.381 e. The lowest BCUT2D eigenvalue weighted by atomic mass is 9.75. The first kappa shape index (κ1) is 28.3. The third kappa shape index (κ3) is 7.03. The SMILES string of the molecule is CCN(CC)C(=O)CN1CC[C@@H]2NC(=O)[C@@H](Cc3ccccc3)NC(=O)C3(CC=CC[C@@H]2C1)CCOCC3. The van der Waals surface area contributed by atoms with Crippen LogP contribution in [0, 0.1) is 11.3 Å². The summed E-state index contributed by atoms with van der Waals surface area (Å²) in [4.78, 5) is 44.2. The number of nitrogens with zero attached hydrogens (tertiary/aromatic N) is 2. The zero-order chi connectivity index (χ0) is 27.0. The molecule has 0 aliphatic carbocycles. The molecule has 2 fully saturated rings. The average molecular weight is 525 g/mol. The second kappa shape index (κ2) is 13.4. The Balaban J connectivity index is 1.54. The van der Waals surface area contributed by atoms with Crippen molar-refractivity contribution in [3.8, 4) is 0 Å². The van der Waals surface area contributed by atoms with Crippen LogP contribution in [0.1, 0.15) is 51.5 Å². The highest BCUT2D eigenvalue weighted by molar-refractivity contribution is 5.90. The molecule has 0 unspecified atom stereocenters. The smallest absolute Gasteiger partial charge is 0.243 e. The molecule has 0 radical (unpaired) electrons. The molecule has 8 nitrogen and oxygen atoms in total. The summed E-state index contributed by atoms with van der Waals surface area (Å²) >= 11 is 0. The summed E-state index contributed by atoms with van der Waals surface area (Å²) in [7, 11) is 0. The van der Waals surface area contributed by atoms with Gasteiger partial charge in [0.2, 0.25) is 17.7 Å². The Labute approximate surface area is 227 Å². The maximum atomic E-state index is 13.7. The molecule has 4 rings (SSSR count). The van der Waals surface area contributed by atoms with Gasteiger partial charge < -0.3 is 20.3 Å². The molecular formula is C30H44N4O4. The predicted molar refractivity (Wildman–Crippen MR) is 147 cm³/mol. The number of nitrogens with one attached hydrogen (secondary N) is 2. The second-order valence-corrected chi connectivity index (χ2v) is 11.0.